The third-order valence-corrected chi connectivity index (χ3v) is 7.59. The Morgan fingerprint density at radius 3 is 2.42 bits per heavy atom. The highest BCUT2D eigenvalue weighted by atomic mass is 35.5. The molecule has 5 atom stereocenters. The minimum Gasteiger partial charge on any atom is -0.507 e. The van der Waals surface area contributed by atoms with Crippen LogP contribution >= 0.6 is 11.6 Å². The fourth-order valence-corrected chi connectivity index (χ4v) is 6.19. The zero-order valence-electron chi connectivity index (χ0n) is 17.7. The van der Waals surface area contributed by atoms with Crippen molar-refractivity contribution in [2.24, 2.45) is 29.6 Å². The van der Waals surface area contributed by atoms with Crippen LogP contribution in [0.4, 0.5) is 0 Å². The fraction of sp³-hybridized carbons (Fsp3) is 0.360. The number of carbonyl (C=O) groups excluding carboxylic acids is 5. The zero-order chi connectivity index (χ0) is 23.6. The van der Waals surface area contributed by atoms with Crippen molar-refractivity contribution in [1.82, 2.24) is 4.98 Å². The van der Waals surface area contributed by atoms with E-state index in [1.54, 1.807) is 18.3 Å². The van der Waals surface area contributed by atoms with Gasteiger partial charge in [0, 0.05) is 24.4 Å². The number of ketones is 5. The van der Waals surface area contributed by atoms with Crippen LogP contribution in [0.15, 0.2) is 30.6 Å². The summed E-state index contributed by atoms with van der Waals surface area (Å²) >= 11 is 6.33. The Morgan fingerprint density at radius 1 is 1.00 bits per heavy atom. The number of halogens is 1. The number of hydrogen-bond donors (Lipinski definition) is 1. The standard InChI is InChI=1S/C25H20ClNO6/c1-10(28)19-18(30)8-12-6-11-7-15-13(14-4-5-27-9-16(14)26)2-3-17(29)22(15)25(33)20(11)24(32)21(12)23(19)31/h2-5,9,11-12,19-21,29H,6-8H2,1H3. The smallest absolute Gasteiger partial charge is 0.177 e. The Balaban J connectivity index is 1.60. The second-order valence-electron chi connectivity index (χ2n) is 9.14. The molecule has 5 rings (SSSR count). The van der Waals surface area contributed by atoms with Crippen molar-refractivity contribution in [3.8, 4) is 16.9 Å². The average Bonchev–Trinajstić information content (AvgIpc) is 2.73. The van der Waals surface area contributed by atoms with Crippen LogP contribution in [0.2, 0.25) is 5.02 Å². The zero-order valence-corrected chi connectivity index (χ0v) is 18.5. The number of pyridine rings is 1. The highest BCUT2D eigenvalue weighted by Crippen LogP contribution is 2.50. The molecule has 1 aromatic heterocycles. The molecule has 5 unspecified atom stereocenters. The molecule has 2 fully saturated rings. The third-order valence-electron chi connectivity index (χ3n) is 7.29. The molecule has 0 radical (unpaired) electrons. The van der Waals surface area contributed by atoms with E-state index in [1.807, 2.05) is 0 Å². The van der Waals surface area contributed by atoms with Crippen molar-refractivity contribution in [2.45, 2.75) is 26.2 Å². The lowest BCUT2D eigenvalue weighted by Gasteiger charge is -2.44. The van der Waals surface area contributed by atoms with E-state index in [2.05, 4.69) is 4.98 Å². The van der Waals surface area contributed by atoms with Gasteiger partial charge in [0.15, 0.2) is 23.1 Å². The second-order valence-corrected chi connectivity index (χ2v) is 9.55. The van der Waals surface area contributed by atoms with E-state index in [4.69, 9.17) is 11.6 Å². The Labute approximate surface area is 194 Å². The number of phenols is 1. The van der Waals surface area contributed by atoms with Crippen LogP contribution in [0.1, 0.15) is 35.7 Å². The van der Waals surface area contributed by atoms with Crippen LogP contribution in [0.3, 0.4) is 0 Å². The van der Waals surface area contributed by atoms with E-state index in [0.29, 0.717) is 34.6 Å². The maximum Gasteiger partial charge on any atom is 0.177 e. The first-order chi connectivity index (χ1) is 15.7. The van der Waals surface area contributed by atoms with Gasteiger partial charge in [-0.2, -0.15) is 0 Å². The topological polar surface area (TPSA) is 118 Å². The molecule has 1 heterocycles. The number of benzene rings is 1. The van der Waals surface area contributed by atoms with Crippen molar-refractivity contribution in [1.29, 1.82) is 0 Å². The predicted octanol–water partition coefficient (Wildman–Crippen LogP) is 3.03. The minimum absolute atomic E-state index is 0.0280. The summed E-state index contributed by atoms with van der Waals surface area (Å²) in [6.45, 7) is 1.17. The first-order valence-corrected chi connectivity index (χ1v) is 11.2. The molecule has 0 aliphatic heterocycles. The Bertz CT molecular complexity index is 1270. The Morgan fingerprint density at radius 2 is 1.73 bits per heavy atom. The summed E-state index contributed by atoms with van der Waals surface area (Å²) in [5.41, 5.74) is 1.98. The molecule has 0 bridgehead atoms. The number of rotatable bonds is 2. The van der Waals surface area contributed by atoms with E-state index < -0.39 is 58.5 Å². The molecular formula is C25H20ClNO6. The lowest BCUT2D eigenvalue weighted by Crippen LogP contribution is -2.55. The molecule has 1 aromatic carbocycles. The van der Waals surface area contributed by atoms with Crippen LogP contribution in [0, 0.1) is 29.6 Å². The van der Waals surface area contributed by atoms with E-state index in [1.165, 1.54) is 19.2 Å². The van der Waals surface area contributed by atoms with Gasteiger partial charge in [-0.05, 0) is 54.9 Å². The molecule has 7 nitrogen and oxygen atoms in total. The highest BCUT2D eigenvalue weighted by Gasteiger charge is 2.57. The molecule has 0 amide bonds. The van der Waals surface area contributed by atoms with Gasteiger partial charge in [-0.3, -0.25) is 29.0 Å². The summed E-state index contributed by atoms with van der Waals surface area (Å²) in [5.74, 6) is -7.59. The SMILES string of the molecule is CC(=O)C1C(=O)CC2CC3Cc4c(-c5ccncc5Cl)ccc(O)c4C(=O)C3C(=O)C2C1=O. The summed E-state index contributed by atoms with van der Waals surface area (Å²) in [5, 5.41) is 10.9. The van der Waals surface area contributed by atoms with Gasteiger partial charge in [0.1, 0.15) is 17.5 Å². The first kappa shape index (κ1) is 21.6. The van der Waals surface area contributed by atoms with Crippen LogP contribution < -0.4 is 0 Å². The third kappa shape index (κ3) is 3.17. The number of fused-ring (bicyclic) bond motifs is 3. The van der Waals surface area contributed by atoms with Gasteiger partial charge in [-0.15, -0.1) is 0 Å². The summed E-state index contributed by atoms with van der Waals surface area (Å²) in [7, 11) is 0. The van der Waals surface area contributed by atoms with Gasteiger partial charge in [-0.1, -0.05) is 17.7 Å². The van der Waals surface area contributed by atoms with Crippen LogP contribution in [-0.2, 0) is 25.6 Å². The molecule has 8 heteroatoms. The maximum atomic E-state index is 13.5. The van der Waals surface area contributed by atoms with E-state index >= 15 is 0 Å². The summed E-state index contributed by atoms with van der Waals surface area (Å²) in [6.07, 6.45) is 3.70. The second kappa shape index (κ2) is 7.70. The molecule has 0 spiro atoms. The number of nitrogens with zero attached hydrogens (tertiary/aromatic N) is 1. The van der Waals surface area contributed by atoms with Gasteiger partial charge >= 0.3 is 0 Å². The van der Waals surface area contributed by atoms with Crippen molar-refractivity contribution in [3.63, 3.8) is 0 Å². The highest BCUT2D eigenvalue weighted by molar-refractivity contribution is 6.33. The van der Waals surface area contributed by atoms with Crippen molar-refractivity contribution < 1.29 is 29.1 Å². The first-order valence-electron chi connectivity index (χ1n) is 10.8. The van der Waals surface area contributed by atoms with Gasteiger partial charge < -0.3 is 5.11 Å². The minimum atomic E-state index is -1.42. The van der Waals surface area contributed by atoms with Crippen molar-refractivity contribution >= 4 is 40.5 Å². The fourth-order valence-electron chi connectivity index (χ4n) is 5.96. The maximum absolute atomic E-state index is 13.5. The normalized spacial score (nSPS) is 28.7. The van der Waals surface area contributed by atoms with Crippen LogP contribution in [-0.4, -0.2) is 39.0 Å². The molecule has 168 valence electrons. The quantitative estimate of drug-likeness (QED) is 0.677. The van der Waals surface area contributed by atoms with Gasteiger partial charge in [-0.25, -0.2) is 0 Å². The van der Waals surface area contributed by atoms with Crippen LogP contribution in [0.25, 0.3) is 11.1 Å². The van der Waals surface area contributed by atoms with Crippen molar-refractivity contribution in [2.75, 3.05) is 0 Å². The molecule has 33 heavy (non-hydrogen) atoms. The summed E-state index contributed by atoms with van der Waals surface area (Å²) < 4.78 is 0. The van der Waals surface area contributed by atoms with Gasteiger partial charge in [0.05, 0.1) is 22.4 Å². The molecule has 3 aliphatic rings. The van der Waals surface area contributed by atoms with Gasteiger partial charge in [0.2, 0.25) is 0 Å². The lowest BCUT2D eigenvalue weighted by atomic mass is 9.55. The molecule has 1 N–H and O–H groups in total. The number of aromatic nitrogens is 1. The summed E-state index contributed by atoms with van der Waals surface area (Å²) in [6, 6.07) is 4.80. The number of hydrogen-bond acceptors (Lipinski definition) is 7. The van der Waals surface area contributed by atoms with Crippen molar-refractivity contribution in [3.05, 3.63) is 46.7 Å². The number of phenolic OH excluding ortho intramolecular Hbond substituents is 1. The summed E-state index contributed by atoms with van der Waals surface area (Å²) in [4.78, 5) is 68.3. The Kier molecular flexibility index (Phi) is 5.05. The molecule has 2 saturated carbocycles. The monoisotopic (exact) mass is 465 g/mol. The molecule has 3 aliphatic carbocycles. The van der Waals surface area contributed by atoms with E-state index in [0.717, 1.165) is 0 Å². The lowest BCUT2D eigenvalue weighted by molar-refractivity contribution is -0.152. The predicted molar refractivity (Wildman–Crippen MR) is 117 cm³/mol. The number of carbonyl (C=O) groups is 5. The number of aromatic hydroxyl groups is 1. The number of Topliss-reactive ketones (excluding diaryl/α,β-unsaturated/α-hetero) is 5. The van der Waals surface area contributed by atoms with E-state index in [-0.39, 0.29) is 17.7 Å². The van der Waals surface area contributed by atoms with E-state index in [9.17, 15) is 29.1 Å². The van der Waals surface area contributed by atoms with Crippen LogP contribution in [0.5, 0.6) is 5.75 Å². The molecule has 2 aromatic rings. The molecular weight excluding hydrogens is 446 g/mol. The largest absolute Gasteiger partial charge is 0.507 e. The molecule has 0 saturated heterocycles. The Hall–Kier alpha value is -3.19. The van der Waals surface area contributed by atoms with Gasteiger partial charge in [0.25, 0.3) is 0 Å². The average molecular weight is 466 g/mol.